The highest BCUT2D eigenvalue weighted by Crippen LogP contribution is 2.11. The minimum atomic E-state index is -0.197. The summed E-state index contributed by atoms with van der Waals surface area (Å²) in [5, 5.41) is 9.47. The van der Waals surface area contributed by atoms with Gasteiger partial charge in [-0.05, 0) is 19.1 Å². The first-order chi connectivity index (χ1) is 9.24. The lowest BCUT2D eigenvalue weighted by molar-refractivity contribution is 0.0935. The van der Waals surface area contributed by atoms with Gasteiger partial charge >= 0.3 is 0 Å². The molecule has 0 aliphatic rings. The van der Waals surface area contributed by atoms with E-state index in [9.17, 15) is 4.79 Å². The third kappa shape index (κ3) is 2.20. The number of carbonyl (C=O) groups is 1. The summed E-state index contributed by atoms with van der Waals surface area (Å²) in [6.45, 7) is 1.90. The van der Waals surface area contributed by atoms with Crippen LogP contribution in [0.3, 0.4) is 0 Å². The molecule has 0 radical (unpaired) electrons. The van der Waals surface area contributed by atoms with Crippen LogP contribution in [-0.4, -0.2) is 25.5 Å². The highest BCUT2D eigenvalue weighted by molar-refractivity contribution is 5.93. The molecule has 3 aromatic rings. The second-order valence-corrected chi connectivity index (χ2v) is 4.32. The van der Waals surface area contributed by atoms with Crippen molar-refractivity contribution >= 4 is 11.6 Å². The van der Waals surface area contributed by atoms with Gasteiger partial charge in [0.15, 0.2) is 0 Å². The van der Waals surface area contributed by atoms with Crippen molar-refractivity contribution in [3.05, 3.63) is 54.2 Å². The number of pyridine rings is 1. The number of carbonyl (C=O) groups excluding carboxylic acids is 1. The van der Waals surface area contributed by atoms with E-state index in [1.165, 1.54) is 0 Å². The van der Waals surface area contributed by atoms with Gasteiger partial charge in [0.1, 0.15) is 11.3 Å². The standard InChI is InChI=1S/C13H13N5O/c1-9(10-6-14-15-7-10)16-13(19)11-8-18-5-3-2-4-12(18)17-11/h2-9H,1H3,(H,14,15)(H,16,19). The van der Waals surface area contributed by atoms with Crippen LogP contribution >= 0.6 is 0 Å². The molecule has 0 saturated carbocycles. The number of nitrogens with zero attached hydrogens (tertiary/aromatic N) is 3. The van der Waals surface area contributed by atoms with E-state index in [2.05, 4.69) is 20.5 Å². The molecule has 0 saturated heterocycles. The zero-order valence-corrected chi connectivity index (χ0v) is 10.4. The van der Waals surface area contributed by atoms with Crippen molar-refractivity contribution in [1.82, 2.24) is 24.9 Å². The summed E-state index contributed by atoms with van der Waals surface area (Å²) in [4.78, 5) is 16.4. The van der Waals surface area contributed by atoms with Gasteiger partial charge in [-0.15, -0.1) is 0 Å². The van der Waals surface area contributed by atoms with Crippen LogP contribution < -0.4 is 5.32 Å². The molecule has 6 heteroatoms. The second kappa shape index (κ2) is 4.56. The Morgan fingerprint density at radius 3 is 3.11 bits per heavy atom. The quantitative estimate of drug-likeness (QED) is 0.745. The van der Waals surface area contributed by atoms with Crippen LogP contribution in [0.5, 0.6) is 0 Å². The molecule has 0 spiro atoms. The predicted molar refractivity (Wildman–Crippen MR) is 69.7 cm³/mol. The van der Waals surface area contributed by atoms with Gasteiger partial charge in [-0.25, -0.2) is 4.98 Å². The normalized spacial score (nSPS) is 12.5. The fourth-order valence-corrected chi connectivity index (χ4v) is 1.90. The topological polar surface area (TPSA) is 75.1 Å². The van der Waals surface area contributed by atoms with E-state index < -0.39 is 0 Å². The maximum atomic E-state index is 12.1. The molecule has 96 valence electrons. The van der Waals surface area contributed by atoms with E-state index in [1.807, 2.05) is 35.7 Å². The average Bonchev–Trinajstić information content (AvgIpc) is 3.07. The van der Waals surface area contributed by atoms with Gasteiger partial charge in [-0.3, -0.25) is 9.89 Å². The van der Waals surface area contributed by atoms with Crippen LogP contribution in [0.25, 0.3) is 5.65 Å². The number of nitrogens with one attached hydrogen (secondary N) is 2. The molecule has 3 aromatic heterocycles. The molecule has 3 heterocycles. The van der Waals surface area contributed by atoms with Crippen LogP contribution in [0.15, 0.2) is 43.0 Å². The largest absolute Gasteiger partial charge is 0.344 e. The van der Waals surface area contributed by atoms with Gasteiger partial charge in [0.25, 0.3) is 5.91 Å². The number of fused-ring (bicyclic) bond motifs is 1. The summed E-state index contributed by atoms with van der Waals surface area (Å²) in [5.41, 5.74) is 2.09. The van der Waals surface area contributed by atoms with Crippen molar-refractivity contribution in [3.63, 3.8) is 0 Å². The monoisotopic (exact) mass is 255 g/mol. The minimum absolute atomic E-state index is 0.115. The van der Waals surface area contributed by atoms with E-state index in [-0.39, 0.29) is 11.9 Å². The summed E-state index contributed by atoms with van der Waals surface area (Å²) < 4.78 is 1.82. The average molecular weight is 255 g/mol. The van der Waals surface area contributed by atoms with E-state index in [1.54, 1.807) is 18.6 Å². The maximum absolute atomic E-state index is 12.1. The van der Waals surface area contributed by atoms with Gasteiger partial charge in [-0.2, -0.15) is 5.10 Å². The highest BCUT2D eigenvalue weighted by atomic mass is 16.2. The van der Waals surface area contributed by atoms with Crippen molar-refractivity contribution in [2.45, 2.75) is 13.0 Å². The minimum Gasteiger partial charge on any atom is -0.344 e. The van der Waals surface area contributed by atoms with E-state index in [0.29, 0.717) is 5.69 Å². The van der Waals surface area contributed by atoms with Crippen LogP contribution in [-0.2, 0) is 0 Å². The molecule has 2 N–H and O–H groups in total. The number of amides is 1. The van der Waals surface area contributed by atoms with E-state index >= 15 is 0 Å². The second-order valence-electron chi connectivity index (χ2n) is 4.32. The summed E-state index contributed by atoms with van der Waals surface area (Å²) in [7, 11) is 0. The van der Waals surface area contributed by atoms with Crippen molar-refractivity contribution in [2.24, 2.45) is 0 Å². The Balaban J connectivity index is 1.80. The van der Waals surface area contributed by atoms with E-state index in [4.69, 9.17) is 0 Å². The third-order valence-corrected chi connectivity index (χ3v) is 2.96. The number of aromatic nitrogens is 4. The van der Waals surface area contributed by atoms with Crippen molar-refractivity contribution in [2.75, 3.05) is 0 Å². The molecule has 19 heavy (non-hydrogen) atoms. The lowest BCUT2D eigenvalue weighted by Gasteiger charge is -2.10. The van der Waals surface area contributed by atoms with Gasteiger partial charge < -0.3 is 9.72 Å². The summed E-state index contributed by atoms with van der Waals surface area (Å²) in [5.74, 6) is -0.197. The van der Waals surface area contributed by atoms with Crippen LogP contribution in [0.4, 0.5) is 0 Å². The van der Waals surface area contributed by atoms with Gasteiger partial charge in [0.2, 0.25) is 0 Å². The lowest BCUT2D eigenvalue weighted by Crippen LogP contribution is -2.26. The first-order valence-corrected chi connectivity index (χ1v) is 5.97. The van der Waals surface area contributed by atoms with E-state index in [0.717, 1.165) is 11.2 Å². The number of hydrogen-bond acceptors (Lipinski definition) is 3. The molecule has 0 aliphatic carbocycles. The summed E-state index contributed by atoms with van der Waals surface area (Å²) in [6, 6.07) is 5.52. The number of aromatic amines is 1. The molecular formula is C13H13N5O. The number of imidazole rings is 1. The zero-order chi connectivity index (χ0) is 13.2. The Labute approximate surface area is 109 Å². The Bertz CT molecular complexity index is 668. The maximum Gasteiger partial charge on any atom is 0.271 e. The van der Waals surface area contributed by atoms with Crippen LogP contribution in [0.2, 0.25) is 0 Å². The lowest BCUT2D eigenvalue weighted by atomic mass is 10.2. The first-order valence-electron chi connectivity index (χ1n) is 5.97. The predicted octanol–water partition coefficient (Wildman–Crippen LogP) is 1.55. The van der Waals surface area contributed by atoms with Crippen molar-refractivity contribution in [1.29, 1.82) is 0 Å². The van der Waals surface area contributed by atoms with Crippen molar-refractivity contribution < 1.29 is 4.79 Å². The number of hydrogen-bond donors (Lipinski definition) is 2. The smallest absolute Gasteiger partial charge is 0.271 e. The Hall–Kier alpha value is -2.63. The third-order valence-electron chi connectivity index (χ3n) is 2.96. The zero-order valence-electron chi connectivity index (χ0n) is 10.4. The Kier molecular flexibility index (Phi) is 2.75. The van der Waals surface area contributed by atoms with Crippen molar-refractivity contribution in [3.8, 4) is 0 Å². The summed E-state index contributed by atoms with van der Waals surface area (Å²) >= 11 is 0. The molecule has 0 bridgehead atoms. The molecule has 6 nitrogen and oxygen atoms in total. The van der Waals surface area contributed by atoms with Crippen LogP contribution in [0, 0.1) is 0 Å². The fourth-order valence-electron chi connectivity index (χ4n) is 1.90. The molecule has 1 unspecified atom stereocenters. The van der Waals surface area contributed by atoms with Crippen LogP contribution in [0.1, 0.15) is 29.0 Å². The molecule has 1 amide bonds. The van der Waals surface area contributed by atoms with Gasteiger partial charge in [-0.1, -0.05) is 6.07 Å². The molecule has 0 aromatic carbocycles. The molecule has 3 rings (SSSR count). The molecular weight excluding hydrogens is 242 g/mol. The SMILES string of the molecule is CC(NC(=O)c1cn2ccccc2n1)c1cn[nH]c1. The van der Waals surface area contributed by atoms with Gasteiger partial charge in [0.05, 0.1) is 12.2 Å². The molecule has 0 fully saturated rings. The summed E-state index contributed by atoms with van der Waals surface area (Å²) in [6.07, 6.45) is 7.02. The Morgan fingerprint density at radius 1 is 1.47 bits per heavy atom. The fraction of sp³-hybridized carbons (Fsp3) is 0.154. The Morgan fingerprint density at radius 2 is 2.37 bits per heavy atom. The first kappa shape index (κ1) is 11.5. The number of H-pyrrole nitrogens is 1. The number of rotatable bonds is 3. The molecule has 0 aliphatic heterocycles. The van der Waals surface area contributed by atoms with Gasteiger partial charge in [0, 0.05) is 24.2 Å². The highest BCUT2D eigenvalue weighted by Gasteiger charge is 2.14. The molecule has 1 atom stereocenters.